The standard InChI is InChI=1S/C27H40N6O2/c1-19(2)13-17-32(18-14-20(3)4)24-12-11-23-25(30-24)33(16-6-15-28)27(29-23)31-26(34)21-7-9-22(35-5)10-8-21/h7-12,19-20H,6,13-18,28H2,1-5H3,(H,29,31,34). The highest BCUT2D eigenvalue weighted by atomic mass is 16.5. The minimum Gasteiger partial charge on any atom is -0.497 e. The number of ether oxygens (including phenoxy) is 1. The normalized spacial score (nSPS) is 11.4. The molecule has 0 unspecified atom stereocenters. The first-order chi connectivity index (χ1) is 16.8. The zero-order valence-corrected chi connectivity index (χ0v) is 21.8. The third kappa shape index (κ3) is 7.18. The molecule has 190 valence electrons. The highest BCUT2D eigenvalue weighted by molar-refractivity contribution is 6.04. The number of pyridine rings is 1. The third-order valence-corrected chi connectivity index (χ3v) is 6.02. The predicted molar refractivity (Wildman–Crippen MR) is 143 cm³/mol. The predicted octanol–water partition coefficient (Wildman–Crippen LogP) is 4.94. The molecular formula is C27H40N6O2. The summed E-state index contributed by atoms with van der Waals surface area (Å²) in [5.41, 5.74) is 7.86. The maximum absolute atomic E-state index is 12.9. The molecule has 2 aromatic heterocycles. The Balaban J connectivity index is 1.93. The quantitative estimate of drug-likeness (QED) is 0.360. The Morgan fingerprint density at radius 2 is 1.69 bits per heavy atom. The number of imidazole rings is 1. The second kappa shape index (κ2) is 12.5. The second-order valence-electron chi connectivity index (χ2n) is 9.78. The number of anilines is 2. The lowest BCUT2D eigenvalue weighted by molar-refractivity contribution is 0.102. The molecule has 3 N–H and O–H groups in total. The van der Waals surface area contributed by atoms with Crippen molar-refractivity contribution in [3.05, 3.63) is 42.0 Å². The maximum Gasteiger partial charge on any atom is 0.257 e. The molecule has 35 heavy (non-hydrogen) atoms. The number of fused-ring (bicyclic) bond motifs is 1. The van der Waals surface area contributed by atoms with Crippen molar-refractivity contribution in [2.75, 3.05) is 37.0 Å². The number of rotatable bonds is 13. The Kier molecular flexibility index (Phi) is 9.48. The first-order valence-electron chi connectivity index (χ1n) is 12.6. The number of hydrogen-bond acceptors (Lipinski definition) is 6. The fraction of sp³-hybridized carbons (Fsp3) is 0.519. The summed E-state index contributed by atoms with van der Waals surface area (Å²) in [6.07, 6.45) is 2.97. The molecule has 0 fully saturated rings. The van der Waals surface area contributed by atoms with Gasteiger partial charge in [-0.2, -0.15) is 0 Å². The SMILES string of the molecule is COc1ccc(C(=O)Nc2nc3ccc(N(CCC(C)C)CCC(C)C)nc3n2CCCN)cc1. The lowest BCUT2D eigenvalue weighted by Gasteiger charge is -2.25. The molecule has 0 atom stereocenters. The van der Waals surface area contributed by atoms with Crippen LogP contribution in [-0.2, 0) is 6.54 Å². The van der Waals surface area contributed by atoms with E-state index in [0.717, 1.165) is 49.3 Å². The van der Waals surface area contributed by atoms with Crippen molar-refractivity contribution >= 4 is 28.8 Å². The summed E-state index contributed by atoms with van der Waals surface area (Å²) in [5.74, 6) is 3.14. The van der Waals surface area contributed by atoms with Crippen LogP contribution in [0.1, 0.15) is 57.3 Å². The molecule has 1 amide bonds. The van der Waals surface area contributed by atoms with Crippen molar-refractivity contribution in [3.63, 3.8) is 0 Å². The molecule has 0 saturated heterocycles. The van der Waals surface area contributed by atoms with Gasteiger partial charge in [-0.05, 0) is 74.0 Å². The molecule has 2 heterocycles. The molecule has 0 saturated carbocycles. The summed E-state index contributed by atoms with van der Waals surface area (Å²) < 4.78 is 7.16. The van der Waals surface area contributed by atoms with Gasteiger partial charge in [-0.1, -0.05) is 27.7 Å². The van der Waals surface area contributed by atoms with Crippen LogP contribution in [0.4, 0.5) is 11.8 Å². The van der Waals surface area contributed by atoms with Crippen LogP contribution in [0.3, 0.4) is 0 Å². The Morgan fingerprint density at radius 3 is 2.26 bits per heavy atom. The number of nitrogens with one attached hydrogen (secondary N) is 1. The van der Waals surface area contributed by atoms with Crippen LogP contribution in [0.15, 0.2) is 36.4 Å². The van der Waals surface area contributed by atoms with E-state index in [1.807, 2.05) is 16.7 Å². The van der Waals surface area contributed by atoms with E-state index in [0.29, 0.717) is 42.2 Å². The number of nitrogens with two attached hydrogens (primary N) is 1. The molecule has 8 heteroatoms. The molecule has 3 aromatic rings. The number of methoxy groups -OCH3 is 1. The van der Waals surface area contributed by atoms with Gasteiger partial charge in [0.25, 0.3) is 5.91 Å². The topological polar surface area (TPSA) is 98.3 Å². The van der Waals surface area contributed by atoms with Crippen LogP contribution in [0.25, 0.3) is 11.2 Å². The van der Waals surface area contributed by atoms with Crippen LogP contribution in [0, 0.1) is 11.8 Å². The fourth-order valence-electron chi connectivity index (χ4n) is 3.81. The van der Waals surface area contributed by atoms with Gasteiger partial charge >= 0.3 is 0 Å². The molecule has 1 aromatic carbocycles. The molecule has 0 radical (unpaired) electrons. The van der Waals surface area contributed by atoms with Crippen LogP contribution in [0.5, 0.6) is 5.75 Å². The van der Waals surface area contributed by atoms with Crippen molar-refractivity contribution in [1.29, 1.82) is 0 Å². The summed E-state index contributed by atoms with van der Waals surface area (Å²) in [7, 11) is 1.60. The molecule has 0 aliphatic rings. The molecule has 8 nitrogen and oxygen atoms in total. The van der Waals surface area contributed by atoms with Crippen molar-refractivity contribution in [3.8, 4) is 5.75 Å². The average molecular weight is 481 g/mol. The van der Waals surface area contributed by atoms with Gasteiger partial charge in [0, 0.05) is 25.2 Å². The first kappa shape index (κ1) is 26.5. The van der Waals surface area contributed by atoms with E-state index >= 15 is 0 Å². The van der Waals surface area contributed by atoms with E-state index in [-0.39, 0.29) is 5.91 Å². The number of aryl methyl sites for hydroxylation is 1. The van der Waals surface area contributed by atoms with Gasteiger partial charge < -0.3 is 15.4 Å². The van der Waals surface area contributed by atoms with Gasteiger partial charge in [0.05, 0.1) is 7.11 Å². The van der Waals surface area contributed by atoms with E-state index in [4.69, 9.17) is 20.4 Å². The van der Waals surface area contributed by atoms with E-state index in [2.05, 4.69) is 37.9 Å². The van der Waals surface area contributed by atoms with E-state index in [9.17, 15) is 4.79 Å². The number of carbonyl (C=O) groups is 1. The molecular weight excluding hydrogens is 440 g/mol. The van der Waals surface area contributed by atoms with Crippen molar-refractivity contribution in [2.24, 2.45) is 17.6 Å². The Morgan fingerprint density at radius 1 is 1.03 bits per heavy atom. The van der Waals surface area contributed by atoms with Gasteiger partial charge in [-0.3, -0.25) is 14.7 Å². The van der Waals surface area contributed by atoms with Gasteiger partial charge in [-0.25, -0.2) is 9.97 Å². The first-order valence-corrected chi connectivity index (χ1v) is 12.6. The summed E-state index contributed by atoms with van der Waals surface area (Å²) in [5, 5.41) is 2.97. The Hall–Kier alpha value is -3.13. The van der Waals surface area contributed by atoms with Gasteiger partial charge in [-0.15, -0.1) is 0 Å². The molecule has 3 rings (SSSR count). The smallest absolute Gasteiger partial charge is 0.257 e. The van der Waals surface area contributed by atoms with E-state index < -0.39 is 0 Å². The monoisotopic (exact) mass is 480 g/mol. The maximum atomic E-state index is 12.9. The summed E-state index contributed by atoms with van der Waals surface area (Å²) in [4.78, 5) is 25.0. The van der Waals surface area contributed by atoms with Crippen molar-refractivity contribution < 1.29 is 9.53 Å². The highest BCUT2D eigenvalue weighted by Crippen LogP contribution is 2.24. The number of amides is 1. The van der Waals surface area contributed by atoms with Crippen LogP contribution >= 0.6 is 0 Å². The molecule has 0 spiro atoms. The van der Waals surface area contributed by atoms with Gasteiger partial charge in [0.1, 0.15) is 17.1 Å². The largest absolute Gasteiger partial charge is 0.497 e. The summed E-state index contributed by atoms with van der Waals surface area (Å²) in [6, 6.07) is 11.0. The van der Waals surface area contributed by atoms with Crippen LogP contribution < -0.4 is 20.7 Å². The van der Waals surface area contributed by atoms with Crippen LogP contribution in [-0.4, -0.2) is 47.2 Å². The lowest BCUT2D eigenvalue weighted by atomic mass is 10.1. The zero-order chi connectivity index (χ0) is 25.4. The van der Waals surface area contributed by atoms with E-state index in [1.165, 1.54) is 0 Å². The number of aromatic nitrogens is 3. The number of hydrogen-bond donors (Lipinski definition) is 2. The molecule has 0 aliphatic heterocycles. The molecule has 0 aliphatic carbocycles. The number of benzene rings is 1. The van der Waals surface area contributed by atoms with Crippen molar-refractivity contribution in [2.45, 2.75) is 53.5 Å². The number of carbonyl (C=O) groups excluding carboxylic acids is 1. The van der Waals surface area contributed by atoms with Crippen LogP contribution in [0.2, 0.25) is 0 Å². The van der Waals surface area contributed by atoms with Gasteiger partial charge in [0.2, 0.25) is 5.95 Å². The lowest BCUT2D eigenvalue weighted by Crippen LogP contribution is -2.28. The second-order valence-corrected chi connectivity index (χ2v) is 9.78. The summed E-state index contributed by atoms with van der Waals surface area (Å²) >= 11 is 0. The minimum absolute atomic E-state index is 0.229. The zero-order valence-electron chi connectivity index (χ0n) is 21.8. The Labute approximate surface area is 208 Å². The van der Waals surface area contributed by atoms with Gasteiger partial charge in [0.15, 0.2) is 5.65 Å². The van der Waals surface area contributed by atoms with E-state index in [1.54, 1.807) is 31.4 Å². The Bertz CT molecular complexity index is 1080. The highest BCUT2D eigenvalue weighted by Gasteiger charge is 2.18. The average Bonchev–Trinajstić information content (AvgIpc) is 3.18. The number of nitrogens with zero attached hydrogens (tertiary/aromatic N) is 4. The fourth-order valence-corrected chi connectivity index (χ4v) is 3.81. The third-order valence-electron chi connectivity index (χ3n) is 6.02. The molecule has 0 bridgehead atoms. The summed E-state index contributed by atoms with van der Waals surface area (Å²) in [6.45, 7) is 12.1. The van der Waals surface area contributed by atoms with Crippen molar-refractivity contribution in [1.82, 2.24) is 14.5 Å². The minimum atomic E-state index is -0.229.